The lowest BCUT2D eigenvalue weighted by Gasteiger charge is -2.22. The number of aromatic nitrogens is 3. The molecule has 2 aromatic heterocycles. The summed E-state index contributed by atoms with van der Waals surface area (Å²) in [5.74, 6) is 0.701. The summed E-state index contributed by atoms with van der Waals surface area (Å²) in [6.07, 6.45) is 4.41. The van der Waals surface area contributed by atoms with E-state index in [4.69, 9.17) is 9.72 Å². The minimum absolute atomic E-state index is 0.221. The maximum absolute atomic E-state index is 11.8. The van der Waals surface area contributed by atoms with Crippen LogP contribution in [0, 0.1) is 0 Å². The van der Waals surface area contributed by atoms with Crippen molar-refractivity contribution in [3.63, 3.8) is 0 Å². The molecule has 0 bridgehead atoms. The number of likely N-dealkylation sites (tertiary alicyclic amines) is 1. The Morgan fingerprint density at radius 1 is 1.19 bits per heavy atom. The van der Waals surface area contributed by atoms with E-state index in [1.165, 1.54) is 0 Å². The smallest absolute Gasteiger partial charge is 0.410 e. The molecule has 138 valence electrons. The number of amides is 1. The van der Waals surface area contributed by atoms with Crippen molar-refractivity contribution in [1.29, 1.82) is 0 Å². The summed E-state index contributed by atoms with van der Waals surface area (Å²) in [6, 6.07) is 12.1. The lowest BCUT2D eigenvalue weighted by Crippen LogP contribution is -2.37. The Morgan fingerprint density at radius 2 is 2.04 bits per heavy atom. The standard InChI is InChI=1S/C20H21N5O2/c1-23-13-20(27-19(23)26)8-11-24(14-20)12-16-17(15-6-3-2-4-7-15)22-18-21-9-5-10-25(16)18/h2-7,9-10H,8,11-14H2,1H3/t20-/m0/s1. The first-order valence-electron chi connectivity index (χ1n) is 9.17. The fourth-order valence-corrected chi connectivity index (χ4v) is 4.19. The molecule has 0 aliphatic carbocycles. The third-order valence-electron chi connectivity index (χ3n) is 5.46. The lowest BCUT2D eigenvalue weighted by molar-refractivity contribution is 0.0626. The predicted octanol–water partition coefficient (Wildman–Crippen LogP) is 2.42. The van der Waals surface area contributed by atoms with Gasteiger partial charge in [0.2, 0.25) is 5.78 Å². The number of fused-ring (bicyclic) bond motifs is 1. The van der Waals surface area contributed by atoms with Gasteiger partial charge in [-0.25, -0.2) is 14.8 Å². The normalized spacial score (nSPS) is 22.9. The number of imidazole rings is 1. The number of benzene rings is 1. The van der Waals surface area contributed by atoms with Crippen molar-refractivity contribution in [2.45, 2.75) is 18.6 Å². The highest BCUT2D eigenvalue weighted by Crippen LogP contribution is 2.33. The van der Waals surface area contributed by atoms with E-state index >= 15 is 0 Å². The molecule has 1 aromatic carbocycles. The fourth-order valence-electron chi connectivity index (χ4n) is 4.19. The van der Waals surface area contributed by atoms with Crippen LogP contribution in [0.3, 0.4) is 0 Å². The maximum Gasteiger partial charge on any atom is 0.410 e. The number of ether oxygens (including phenoxy) is 1. The van der Waals surface area contributed by atoms with Crippen LogP contribution in [0.25, 0.3) is 17.0 Å². The molecule has 2 aliphatic rings. The Bertz CT molecular complexity index is 1000. The molecule has 1 atom stereocenters. The van der Waals surface area contributed by atoms with E-state index in [9.17, 15) is 4.79 Å². The van der Waals surface area contributed by atoms with Gasteiger partial charge in [0.1, 0.15) is 5.60 Å². The van der Waals surface area contributed by atoms with Crippen LogP contribution in [0.2, 0.25) is 0 Å². The first kappa shape index (κ1) is 16.3. The van der Waals surface area contributed by atoms with Crippen molar-refractivity contribution in [1.82, 2.24) is 24.2 Å². The first-order valence-corrected chi connectivity index (χ1v) is 9.17. The first-order chi connectivity index (χ1) is 13.1. The highest BCUT2D eigenvalue weighted by atomic mass is 16.6. The molecule has 7 nitrogen and oxygen atoms in total. The summed E-state index contributed by atoms with van der Waals surface area (Å²) >= 11 is 0. The molecule has 1 amide bonds. The topological polar surface area (TPSA) is 63.0 Å². The van der Waals surface area contributed by atoms with Crippen LogP contribution in [-0.2, 0) is 11.3 Å². The van der Waals surface area contributed by atoms with Crippen molar-refractivity contribution in [3.05, 3.63) is 54.5 Å². The van der Waals surface area contributed by atoms with Gasteiger partial charge in [-0.2, -0.15) is 0 Å². The fraction of sp³-hybridized carbons (Fsp3) is 0.350. The number of hydrogen-bond acceptors (Lipinski definition) is 5. The minimum Gasteiger partial charge on any atom is -0.439 e. The zero-order valence-corrected chi connectivity index (χ0v) is 15.2. The van der Waals surface area contributed by atoms with E-state index in [0.29, 0.717) is 12.3 Å². The monoisotopic (exact) mass is 363 g/mol. The molecule has 0 radical (unpaired) electrons. The second-order valence-electron chi connectivity index (χ2n) is 7.43. The van der Waals surface area contributed by atoms with Gasteiger partial charge in [-0.05, 0) is 6.07 Å². The predicted molar refractivity (Wildman–Crippen MR) is 100 cm³/mol. The zero-order chi connectivity index (χ0) is 18.4. The van der Waals surface area contributed by atoms with Crippen LogP contribution >= 0.6 is 0 Å². The molecule has 27 heavy (non-hydrogen) atoms. The van der Waals surface area contributed by atoms with E-state index in [0.717, 1.165) is 43.0 Å². The lowest BCUT2D eigenvalue weighted by atomic mass is 10.0. The Labute approximate surface area is 157 Å². The highest BCUT2D eigenvalue weighted by molar-refractivity contribution is 5.70. The number of nitrogens with zero attached hydrogens (tertiary/aromatic N) is 5. The maximum atomic E-state index is 11.8. The number of hydrogen-bond donors (Lipinski definition) is 0. The van der Waals surface area contributed by atoms with Crippen LogP contribution in [0.5, 0.6) is 0 Å². The van der Waals surface area contributed by atoms with Crippen LogP contribution < -0.4 is 0 Å². The molecule has 4 heterocycles. The molecule has 1 spiro atoms. The molecule has 0 saturated carbocycles. The molecule has 2 saturated heterocycles. The second kappa shape index (κ2) is 6.06. The Kier molecular flexibility index (Phi) is 3.65. The van der Waals surface area contributed by atoms with Crippen molar-refractivity contribution in [3.8, 4) is 11.3 Å². The second-order valence-corrected chi connectivity index (χ2v) is 7.43. The van der Waals surface area contributed by atoms with Gasteiger partial charge in [0, 0.05) is 51.1 Å². The highest BCUT2D eigenvalue weighted by Gasteiger charge is 2.48. The van der Waals surface area contributed by atoms with Gasteiger partial charge in [0.25, 0.3) is 0 Å². The Morgan fingerprint density at radius 3 is 2.81 bits per heavy atom. The number of carbonyl (C=O) groups excluding carboxylic acids is 1. The van der Waals surface area contributed by atoms with Gasteiger partial charge in [-0.3, -0.25) is 9.30 Å². The third-order valence-corrected chi connectivity index (χ3v) is 5.46. The van der Waals surface area contributed by atoms with Crippen molar-refractivity contribution < 1.29 is 9.53 Å². The Balaban J connectivity index is 1.48. The average Bonchev–Trinajstić information content (AvgIpc) is 3.33. The van der Waals surface area contributed by atoms with E-state index in [2.05, 4.69) is 26.4 Å². The van der Waals surface area contributed by atoms with Crippen molar-refractivity contribution in [2.24, 2.45) is 0 Å². The number of carbonyl (C=O) groups is 1. The van der Waals surface area contributed by atoms with Gasteiger partial charge < -0.3 is 9.64 Å². The van der Waals surface area contributed by atoms with E-state index in [1.54, 1.807) is 18.1 Å². The molecule has 7 heteroatoms. The van der Waals surface area contributed by atoms with Crippen molar-refractivity contribution >= 4 is 11.9 Å². The summed E-state index contributed by atoms with van der Waals surface area (Å²) in [4.78, 5) is 25.0. The van der Waals surface area contributed by atoms with Gasteiger partial charge in [0.15, 0.2) is 0 Å². The minimum atomic E-state index is -0.377. The molecule has 0 unspecified atom stereocenters. The molecule has 5 rings (SSSR count). The van der Waals surface area contributed by atoms with Crippen LogP contribution in [0.1, 0.15) is 12.1 Å². The SMILES string of the molecule is CN1C[C@]2(CCN(Cc3c(-c4ccccc4)nc4ncccn34)C2)OC1=O. The summed E-state index contributed by atoms with van der Waals surface area (Å²) in [5.41, 5.74) is 2.77. The third kappa shape index (κ3) is 2.75. The number of likely N-dealkylation sites (N-methyl/N-ethyl adjacent to an activating group) is 1. The van der Waals surface area contributed by atoms with E-state index in [-0.39, 0.29) is 11.7 Å². The van der Waals surface area contributed by atoms with E-state index < -0.39 is 0 Å². The summed E-state index contributed by atoms with van der Waals surface area (Å²) < 4.78 is 7.74. The summed E-state index contributed by atoms with van der Waals surface area (Å²) in [5, 5.41) is 0. The van der Waals surface area contributed by atoms with Crippen molar-refractivity contribution in [2.75, 3.05) is 26.7 Å². The van der Waals surface area contributed by atoms with Gasteiger partial charge in [-0.1, -0.05) is 30.3 Å². The van der Waals surface area contributed by atoms with Gasteiger partial charge >= 0.3 is 6.09 Å². The zero-order valence-electron chi connectivity index (χ0n) is 15.2. The van der Waals surface area contributed by atoms with Gasteiger partial charge in [0.05, 0.1) is 17.9 Å². The molecular weight excluding hydrogens is 342 g/mol. The molecule has 2 aliphatic heterocycles. The largest absolute Gasteiger partial charge is 0.439 e. The number of rotatable bonds is 3. The average molecular weight is 363 g/mol. The summed E-state index contributed by atoms with van der Waals surface area (Å²) in [7, 11) is 1.80. The quantitative estimate of drug-likeness (QED) is 0.715. The summed E-state index contributed by atoms with van der Waals surface area (Å²) in [6.45, 7) is 3.02. The van der Waals surface area contributed by atoms with Crippen LogP contribution in [-0.4, -0.2) is 62.5 Å². The van der Waals surface area contributed by atoms with Gasteiger partial charge in [-0.15, -0.1) is 0 Å². The molecular formula is C20H21N5O2. The molecule has 0 N–H and O–H groups in total. The van der Waals surface area contributed by atoms with Crippen LogP contribution in [0.15, 0.2) is 48.8 Å². The molecule has 3 aromatic rings. The molecule has 2 fully saturated rings. The van der Waals surface area contributed by atoms with E-state index in [1.807, 2.05) is 30.5 Å². The van der Waals surface area contributed by atoms with Crippen LogP contribution in [0.4, 0.5) is 4.79 Å². The Hall–Kier alpha value is -2.93.